The van der Waals surface area contributed by atoms with Crippen molar-refractivity contribution in [3.8, 4) is 0 Å². The second-order valence-electron chi connectivity index (χ2n) is 1.83. The van der Waals surface area contributed by atoms with Crippen molar-refractivity contribution in [1.29, 1.82) is 0 Å². The summed E-state index contributed by atoms with van der Waals surface area (Å²) >= 11 is 1.72. The Morgan fingerprint density at radius 2 is 2.75 bits per heavy atom. The van der Waals surface area contributed by atoms with Gasteiger partial charge in [-0.15, -0.1) is 11.3 Å². The summed E-state index contributed by atoms with van der Waals surface area (Å²) in [4.78, 5) is 4.13. The van der Waals surface area contributed by atoms with Crippen LogP contribution in [0.2, 0.25) is 0 Å². The molecule has 2 heterocycles. The zero-order valence-electron chi connectivity index (χ0n) is 4.29. The lowest BCUT2D eigenvalue weighted by Gasteiger charge is -1.79. The van der Waals surface area contributed by atoms with Gasteiger partial charge in [0.1, 0.15) is 5.01 Å². The molecule has 3 heteroatoms. The molecule has 8 heavy (non-hydrogen) atoms. The van der Waals surface area contributed by atoms with Gasteiger partial charge in [-0.3, -0.25) is 0 Å². The Kier molecular flexibility index (Phi) is 0.856. The Morgan fingerprint density at radius 1 is 1.88 bits per heavy atom. The van der Waals surface area contributed by atoms with Gasteiger partial charge in [-0.1, -0.05) is 0 Å². The van der Waals surface area contributed by atoms with Crippen molar-refractivity contribution in [3.63, 3.8) is 0 Å². The minimum Gasteiger partial charge on any atom is -0.305 e. The molecule has 1 saturated heterocycles. The molecule has 1 aromatic rings. The Morgan fingerprint density at radius 3 is 3.25 bits per heavy atom. The van der Waals surface area contributed by atoms with Crippen LogP contribution in [0, 0.1) is 0 Å². The molecule has 1 fully saturated rings. The maximum Gasteiger partial charge on any atom is 0.111 e. The van der Waals surface area contributed by atoms with Gasteiger partial charge in [0.15, 0.2) is 0 Å². The first-order valence-corrected chi connectivity index (χ1v) is 3.47. The molecule has 0 saturated carbocycles. The van der Waals surface area contributed by atoms with Gasteiger partial charge >= 0.3 is 0 Å². The second-order valence-corrected chi connectivity index (χ2v) is 2.76. The van der Waals surface area contributed by atoms with E-state index >= 15 is 0 Å². The van der Waals surface area contributed by atoms with Gasteiger partial charge in [-0.2, -0.15) is 0 Å². The fraction of sp³-hybridized carbons (Fsp3) is 0.400. The fourth-order valence-electron chi connectivity index (χ4n) is 0.640. The van der Waals surface area contributed by atoms with Crippen LogP contribution in [-0.4, -0.2) is 11.5 Å². The van der Waals surface area contributed by atoms with Gasteiger partial charge in [0.25, 0.3) is 0 Å². The summed E-state index contributed by atoms with van der Waals surface area (Å²) < 4.78 is 0. The van der Waals surface area contributed by atoms with E-state index < -0.39 is 0 Å². The van der Waals surface area contributed by atoms with E-state index in [1.54, 1.807) is 11.3 Å². The molecule has 0 radical (unpaired) electrons. The van der Waals surface area contributed by atoms with Crippen LogP contribution in [0.1, 0.15) is 11.0 Å². The van der Waals surface area contributed by atoms with Crippen LogP contribution < -0.4 is 5.32 Å². The number of aromatic nitrogens is 1. The highest BCUT2D eigenvalue weighted by Gasteiger charge is 2.23. The molecule has 42 valence electrons. The molecular weight excluding hydrogens is 120 g/mol. The van der Waals surface area contributed by atoms with Crippen molar-refractivity contribution < 1.29 is 0 Å². The predicted molar refractivity (Wildman–Crippen MR) is 32.9 cm³/mol. The highest BCUT2D eigenvalue weighted by atomic mass is 32.1. The largest absolute Gasteiger partial charge is 0.305 e. The number of rotatable bonds is 1. The minimum absolute atomic E-state index is 0.593. The molecule has 1 aliphatic heterocycles. The van der Waals surface area contributed by atoms with Crippen molar-refractivity contribution in [3.05, 3.63) is 16.6 Å². The maximum absolute atomic E-state index is 4.13. The van der Waals surface area contributed by atoms with Crippen LogP contribution in [0.25, 0.3) is 0 Å². The number of nitrogens with zero attached hydrogens (tertiary/aromatic N) is 1. The number of nitrogens with one attached hydrogen (secondary N) is 1. The summed E-state index contributed by atoms with van der Waals surface area (Å²) in [6, 6.07) is 0.593. The second kappa shape index (κ2) is 1.53. The minimum atomic E-state index is 0.593. The highest BCUT2D eigenvalue weighted by molar-refractivity contribution is 7.09. The Balaban J connectivity index is 2.28. The summed E-state index contributed by atoms with van der Waals surface area (Å²) in [5.41, 5.74) is 0. The Bertz CT molecular complexity index is 167. The van der Waals surface area contributed by atoms with Crippen molar-refractivity contribution in [2.75, 3.05) is 6.54 Å². The molecule has 1 atom stereocenters. The van der Waals surface area contributed by atoms with E-state index in [2.05, 4.69) is 10.3 Å². The Labute approximate surface area is 51.6 Å². The third kappa shape index (κ3) is 0.638. The van der Waals surface area contributed by atoms with E-state index in [1.165, 1.54) is 5.01 Å². The van der Waals surface area contributed by atoms with Crippen molar-refractivity contribution in [2.24, 2.45) is 0 Å². The third-order valence-corrected chi connectivity index (χ3v) is 2.05. The van der Waals surface area contributed by atoms with E-state index in [4.69, 9.17) is 0 Å². The summed E-state index contributed by atoms with van der Waals surface area (Å²) in [5.74, 6) is 0. The fourth-order valence-corrected chi connectivity index (χ4v) is 1.35. The first-order chi connectivity index (χ1) is 3.97. The first-order valence-electron chi connectivity index (χ1n) is 2.59. The molecule has 0 bridgehead atoms. The Hall–Kier alpha value is -0.410. The van der Waals surface area contributed by atoms with E-state index in [-0.39, 0.29) is 0 Å². The quantitative estimate of drug-likeness (QED) is 0.564. The monoisotopic (exact) mass is 126 g/mol. The highest BCUT2D eigenvalue weighted by Crippen LogP contribution is 2.22. The van der Waals surface area contributed by atoms with Crippen molar-refractivity contribution in [1.82, 2.24) is 10.3 Å². The lowest BCUT2D eigenvalue weighted by molar-refractivity contribution is 1.04. The molecule has 0 amide bonds. The summed E-state index contributed by atoms with van der Waals surface area (Å²) in [5, 5.41) is 6.42. The molecule has 2 rings (SSSR count). The van der Waals surface area contributed by atoms with Crippen molar-refractivity contribution >= 4 is 11.3 Å². The third-order valence-electron chi connectivity index (χ3n) is 1.16. The van der Waals surface area contributed by atoms with Gasteiger partial charge in [-0.25, -0.2) is 4.98 Å². The summed E-state index contributed by atoms with van der Waals surface area (Å²) in [6.07, 6.45) is 1.85. The van der Waals surface area contributed by atoms with Gasteiger partial charge < -0.3 is 5.32 Å². The van der Waals surface area contributed by atoms with Gasteiger partial charge in [0.2, 0.25) is 0 Å². The molecule has 0 aliphatic carbocycles. The molecule has 0 spiro atoms. The SMILES string of the molecule is c1csc(C2CN2)n1. The molecule has 1 aliphatic rings. The molecule has 1 aromatic heterocycles. The van der Waals surface area contributed by atoms with Crippen LogP contribution >= 0.6 is 11.3 Å². The van der Waals surface area contributed by atoms with Crippen LogP contribution in [0.15, 0.2) is 11.6 Å². The van der Waals surface area contributed by atoms with Crippen LogP contribution in [0.4, 0.5) is 0 Å². The van der Waals surface area contributed by atoms with E-state index in [9.17, 15) is 0 Å². The number of hydrogen-bond donors (Lipinski definition) is 1. The zero-order valence-corrected chi connectivity index (χ0v) is 5.11. The maximum atomic E-state index is 4.13. The van der Waals surface area contributed by atoms with E-state index in [0.29, 0.717) is 6.04 Å². The topological polar surface area (TPSA) is 34.8 Å². The van der Waals surface area contributed by atoms with Crippen molar-refractivity contribution in [2.45, 2.75) is 6.04 Å². The predicted octanol–water partition coefficient (Wildman–Crippen LogP) is 0.787. The molecular formula is C5H6N2S. The van der Waals surface area contributed by atoms with E-state index in [1.807, 2.05) is 11.6 Å². The molecule has 2 nitrogen and oxygen atoms in total. The standard InChI is InChI=1S/C5H6N2S/c1-2-8-5(6-1)4-3-7-4/h1-2,4,7H,3H2. The summed E-state index contributed by atoms with van der Waals surface area (Å²) in [6.45, 7) is 1.12. The van der Waals surface area contributed by atoms with Gasteiger partial charge in [-0.05, 0) is 0 Å². The average molecular weight is 126 g/mol. The first kappa shape index (κ1) is 4.47. The number of thiazole rings is 1. The smallest absolute Gasteiger partial charge is 0.111 e. The molecule has 1 unspecified atom stereocenters. The lowest BCUT2D eigenvalue weighted by Crippen LogP contribution is -1.78. The van der Waals surface area contributed by atoms with Gasteiger partial charge in [0.05, 0.1) is 6.04 Å². The lowest BCUT2D eigenvalue weighted by atomic mass is 10.5. The molecule has 1 N–H and O–H groups in total. The average Bonchev–Trinajstić information content (AvgIpc) is 2.49. The van der Waals surface area contributed by atoms with E-state index in [0.717, 1.165) is 6.54 Å². The van der Waals surface area contributed by atoms with Crippen LogP contribution in [0.3, 0.4) is 0 Å². The van der Waals surface area contributed by atoms with Crippen LogP contribution in [-0.2, 0) is 0 Å². The molecule has 0 aromatic carbocycles. The summed E-state index contributed by atoms with van der Waals surface area (Å²) in [7, 11) is 0. The van der Waals surface area contributed by atoms with Gasteiger partial charge in [0, 0.05) is 18.1 Å². The zero-order chi connectivity index (χ0) is 5.40. The normalized spacial score (nSPS) is 25.8. The number of hydrogen-bond acceptors (Lipinski definition) is 3. The van der Waals surface area contributed by atoms with Crippen LogP contribution in [0.5, 0.6) is 0 Å².